The largest absolute Gasteiger partial charge is 0.478 e. The van der Waals surface area contributed by atoms with Gasteiger partial charge in [-0.1, -0.05) is 6.07 Å². The Morgan fingerprint density at radius 2 is 2.00 bits per heavy atom. The van der Waals surface area contributed by atoms with E-state index in [9.17, 15) is 4.79 Å². The molecule has 0 saturated heterocycles. The Morgan fingerprint density at radius 1 is 1.12 bits per heavy atom. The lowest BCUT2D eigenvalue weighted by Crippen LogP contribution is -1.95. The van der Waals surface area contributed by atoms with Gasteiger partial charge in [0.25, 0.3) is 0 Å². The quantitative estimate of drug-likeness (QED) is 0.645. The molecule has 0 radical (unpaired) electrons. The molecule has 0 atom stereocenters. The maximum atomic E-state index is 10.9. The number of carbonyl (C=O) groups is 1. The highest BCUT2D eigenvalue weighted by molar-refractivity contribution is 6.06. The van der Waals surface area contributed by atoms with E-state index in [0.29, 0.717) is 5.65 Å². The zero-order valence-electron chi connectivity index (χ0n) is 8.79. The minimum absolute atomic E-state index is 0.266. The smallest absolute Gasteiger partial charge is 0.335 e. The van der Waals surface area contributed by atoms with Gasteiger partial charge in [-0.25, -0.2) is 14.8 Å². The van der Waals surface area contributed by atoms with Crippen LogP contribution in [0.4, 0.5) is 0 Å². The first kappa shape index (κ1) is 9.72. The maximum absolute atomic E-state index is 10.9. The van der Waals surface area contributed by atoms with E-state index in [-0.39, 0.29) is 5.56 Å². The Kier molecular flexibility index (Phi) is 2.01. The van der Waals surface area contributed by atoms with Crippen molar-refractivity contribution in [2.24, 2.45) is 0 Å². The maximum Gasteiger partial charge on any atom is 0.335 e. The number of pyridine rings is 2. The number of carboxylic acid groups (broad SMARTS) is 1. The summed E-state index contributed by atoms with van der Waals surface area (Å²) in [6.45, 7) is 0. The number of nitrogens with zero attached hydrogens (tertiary/aromatic N) is 2. The Morgan fingerprint density at radius 3 is 2.82 bits per heavy atom. The number of rotatable bonds is 1. The van der Waals surface area contributed by atoms with E-state index < -0.39 is 5.97 Å². The SMILES string of the molecule is O=C(O)c1ccc2c(cnc3ncccc32)c1. The van der Waals surface area contributed by atoms with Crippen LogP contribution in [0, 0.1) is 0 Å². The summed E-state index contributed by atoms with van der Waals surface area (Å²) in [6, 6.07) is 8.78. The van der Waals surface area contributed by atoms with E-state index in [1.165, 1.54) is 0 Å². The van der Waals surface area contributed by atoms with E-state index in [4.69, 9.17) is 5.11 Å². The third kappa shape index (κ3) is 1.50. The number of hydrogen-bond donors (Lipinski definition) is 1. The molecule has 17 heavy (non-hydrogen) atoms. The van der Waals surface area contributed by atoms with Crippen LogP contribution in [0.3, 0.4) is 0 Å². The molecule has 1 aromatic carbocycles. The molecule has 3 aromatic rings. The monoisotopic (exact) mass is 224 g/mol. The predicted molar refractivity (Wildman–Crippen MR) is 64.0 cm³/mol. The van der Waals surface area contributed by atoms with Crippen LogP contribution < -0.4 is 0 Å². The summed E-state index contributed by atoms with van der Waals surface area (Å²) in [7, 11) is 0. The number of aromatic nitrogens is 2. The Bertz CT molecular complexity index is 738. The van der Waals surface area contributed by atoms with Crippen molar-refractivity contribution in [1.82, 2.24) is 9.97 Å². The summed E-state index contributed by atoms with van der Waals surface area (Å²) in [5.41, 5.74) is 0.936. The molecule has 82 valence electrons. The van der Waals surface area contributed by atoms with Crippen molar-refractivity contribution in [3.8, 4) is 0 Å². The molecular weight excluding hydrogens is 216 g/mol. The fourth-order valence-corrected chi connectivity index (χ4v) is 1.89. The van der Waals surface area contributed by atoms with Gasteiger partial charge in [0, 0.05) is 23.2 Å². The van der Waals surface area contributed by atoms with Crippen molar-refractivity contribution in [3.05, 3.63) is 48.3 Å². The zero-order valence-corrected chi connectivity index (χ0v) is 8.79. The zero-order chi connectivity index (χ0) is 11.8. The minimum atomic E-state index is -0.932. The molecule has 1 N–H and O–H groups in total. The highest BCUT2D eigenvalue weighted by Crippen LogP contribution is 2.22. The summed E-state index contributed by atoms with van der Waals surface area (Å²) in [5.74, 6) is -0.932. The van der Waals surface area contributed by atoms with E-state index in [0.717, 1.165) is 16.2 Å². The molecule has 2 heterocycles. The number of fused-ring (bicyclic) bond motifs is 3. The molecule has 2 aromatic heterocycles. The lowest BCUT2D eigenvalue weighted by Gasteiger charge is -2.03. The second kappa shape index (κ2) is 3.52. The van der Waals surface area contributed by atoms with Gasteiger partial charge in [-0.2, -0.15) is 0 Å². The van der Waals surface area contributed by atoms with Gasteiger partial charge in [-0.05, 0) is 29.7 Å². The first-order valence-electron chi connectivity index (χ1n) is 5.12. The highest BCUT2D eigenvalue weighted by atomic mass is 16.4. The molecular formula is C13H8N2O2. The van der Waals surface area contributed by atoms with Crippen molar-refractivity contribution in [2.75, 3.05) is 0 Å². The van der Waals surface area contributed by atoms with Crippen LogP contribution in [-0.4, -0.2) is 21.0 Å². The first-order chi connectivity index (χ1) is 8.25. The Hall–Kier alpha value is -2.49. The first-order valence-corrected chi connectivity index (χ1v) is 5.12. The molecule has 0 saturated carbocycles. The second-order valence-electron chi connectivity index (χ2n) is 3.74. The third-order valence-corrected chi connectivity index (χ3v) is 2.70. The van der Waals surface area contributed by atoms with Gasteiger partial charge in [-0.15, -0.1) is 0 Å². The summed E-state index contributed by atoms with van der Waals surface area (Å²) in [5, 5.41) is 11.6. The summed E-state index contributed by atoms with van der Waals surface area (Å²) >= 11 is 0. The van der Waals surface area contributed by atoms with Crippen LogP contribution in [0.1, 0.15) is 10.4 Å². The number of carboxylic acids is 1. The molecule has 4 nitrogen and oxygen atoms in total. The average molecular weight is 224 g/mol. The van der Waals surface area contributed by atoms with E-state index >= 15 is 0 Å². The minimum Gasteiger partial charge on any atom is -0.478 e. The topological polar surface area (TPSA) is 63.1 Å². The highest BCUT2D eigenvalue weighted by Gasteiger charge is 2.06. The van der Waals surface area contributed by atoms with Gasteiger partial charge < -0.3 is 5.11 Å². The summed E-state index contributed by atoms with van der Waals surface area (Å²) in [6.07, 6.45) is 3.34. The van der Waals surface area contributed by atoms with Crippen molar-refractivity contribution in [3.63, 3.8) is 0 Å². The van der Waals surface area contributed by atoms with Crippen LogP contribution in [0.5, 0.6) is 0 Å². The molecule has 0 aliphatic rings. The molecule has 0 bridgehead atoms. The van der Waals surface area contributed by atoms with Crippen LogP contribution in [0.25, 0.3) is 21.8 Å². The Balaban J connectivity index is 2.41. The second-order valence-corrected chi connectivity index (χ2v) is 3.74. The normalized spacial score (nSPS) is 10.8. The lowest BCUT2D eigenvalue weighted by atomic mass is 10.1. The molecule has 0 spiro atoms. The van der Waals surface area contributed by atoms with Crippen molar-refractivity contribution >= 4 is 27.8 Å². The van der Waals surface area contributed by atoms with Crippen molar-refractivity contribution in [2.45, 2.75) is 0 Å². The summed E-state index contributed by atoms with van der Waals surface area (Å²) < 4.78 is 0. The predicted octanol–water partition coefficient (Wildman–Crippen LogP) is 2.48. The summed E-state index contributed by atoms with van der Waals surface area (Å²) in [4.78, 5) is 19.2. The van der Waals surface area contributed by atoms with E-state index in [2.05, 4.69) is 9.97 Å². The van der Waals surface area contributed by atoms with Gasteiger partial charge in [0.2, 0.25) is 0 Å². The van der Waals surface area contributed by atoms with Crippen LogP contribution in [0.15, 0.2) is 42.7 Å². The number of hydrogen-bond acceptors (Lipinski definition) is 3. The fourth-order valence-electron chi connectivity index (χ4n) is 1.89. The van der Waals surface area contributed by atoms with Crippen LogP contribution >= 0.6 is 0 Å². The Labute approximate surface area is 96.6 Å². The molecule has 0 fully saturated rings. The van der Waals surface area contributed by atoms with Crippen LogP contribution in [-0.2, 0) is 0 Å². The number of benzene rings is 1. The lowest BCUT2D eigenvalue weighted by molar-refractivity contribution is 0.0697. The molecule has 0 aliphatic carbocycles. The van der Waals surface area contributed by atoms with Gasteiger partial charge in [0.15, 0.2) is 5.65 Å². The molecule has 0 unspecified atom stereocenters. The third-order valence-electron chi connectivity index (χ3n) is 2.70. The van der Waals surface area contributed by atoms with E-state index in [1.807, 2.05) is 12.1 Å². The molecule has 0 amide bonds. The number of aromatic carboxylic acids is 1. The van der Waals surface area contributed by atoms with Crippen LogP contribution in [0.2, 0.25) is 0 Å². The van der Waals surface area contributed by atoms with E-state index in [1.54, 1.807) is 30.6 Å². The molecule has 3 rings (SSSR count). The average Bonchev–Trinajstić information content (AvgIpc) is 2.38. The fraction of sp³-hybridized carbons (Fsp3) is 0. The van der Waals surface area contributed by atoms with Gasteiger partial charge >= 0.3 is 5.97 Å². The molecule has 0 aliphatic heterocycles. The van der Waals surface area contributed by atoms with Crippen molar-refractivity contribution < 1.29 is 9.90 Å². The van der Waals surface area contributed by atoms with Gasteiger partial charge in [0.05, 0.1) is 5.56 Å². The van der Waals surface area contributed by atoms with Gasteiger partial charge in [0.1, 0.15) is 0 Å². The van der Waals surface area contributed by atoms with Crippen molar-refractivity contribution in [1.29, 1.82) is 0 Å². The molecule has 4 heteroatoms. The standard InChI is InChI=1S/C13H8N2O2/c16-13(17)8-3-4-10-9(6-8)7-15-12-11(10)2-1-5-14-12/h1-7H,(H,16,17). The van der Waals surface area contributed by atoms with Gasteiger partial charge in [-0.3, -0.25) is 0 Å².